The zero-order valence-corrected chi connectivity index (χ0v) is 13.6. The fraction of sp³-hybridized carbons (Fsp3) is 0.938. The molecule has 0 saturated carbocycles. The maximum Gasteiger partial charge on any atom is 0.217 e. The minimum absolute atomic E-state index is 0.102. The molecule has 3 heteroatoms. The van der Waals surface area contributed by atoms with Crippen molar-refractivity contribution in [3.8, 4) is 0 Å². The van der Waals surface area contributed by atoms with Crippen LogP contribution in [0.5, 0.6) is 0 Å². The SMILES string of the molecule is CCC(C)N1CC(CC(C)(C)C)CC(NC(C)=O)C1. The quantitative estimate of drug-likeness (QED) is 0.850. The van der Waals surface area contributed by atoms with E-state index in [4.69, 9.17) is 0 Å². The van der Waals surface area contributed by atoms with Crippen molar-refractivity contribution in [2.75, 3.05) is 13.1 Å². The molecule has 0 aromatic rings. The topological polar surface area (TPSA) is 32.3 Å². The predicted octanol–water partition coefficient (Wildman–Crippen LogP) is 3.05. The first kappa shape index (κ1) is 16.5. The Hall–Kier alpha value is -0.570. The Kier molecular flexibility index (Phi) is 5.84. The van der Waals surface area contributed by atoms with Gasteiger partial charge >= 0.3 is 0 Å². The summed E-state index contributed by atoms with van der Waals surface area (Å²) in [5, 5.41) is 3.13. The molecule has 0 aromatic carbocycles. The molecule has 19 heavy (non-hydrogen) atoms. The highest BCUT2D eigenvalue weighted by Crippen LogP contribution is 2.31. The zero-order valence-electron chi connectivity index (χ0n) is 13.6. The van der Waals surface area contributed by atoms with Crippen LogP contribution in [0.2, 0.25) is 0 Å². The van der Waals surface area contributed by atoms with Crippen molar-refractivity contribution < 1.29 is 4.79 Å². The van der Waals surface area contributed by atoms with E-state index in [1.807, 2.05) is 0 Å². The summed E-state index contributed by atoms with van der Waals surface area (Å²) in [6.07, 6.45) is 3.54. The lowest BCUT2D eigenvalue weighted by molar-refractivity contribution is -0.120. The van der Waals surface area contributed by atoms with Crippen molar-refractivity contribution in [2.24, 2.45) is 11.3 Å². The summed E-state index contributed by atoms with van der Waals surface area (Å²) in [4.78, 5) is 13.9. The van der Waals surface area contributed by atoms with E-state index in [1.54, 1.807) is 6.92 Å². The first-order chi connectivity index (χ1) is 8.71. The van der Waals surface area contributed by atoms with Crippen LogP contribution in [0.15, 0.2) is 0 Å². The number of carbonyl (C=O) groups excluding carboxylic acids is 1. The van der Waals surface area contributed by atoms with Gasteiger partial charge in [0.25, 0.3) is 0 Å². The summed E-state index contributed by atoms with van der Waals surface area (Å²) in [6, 6.07) is 0.937. The second kappa shape index (κ2) is 6.74. The van der Waals surface area contributed by atoms with Crippen molar-refractivity contribution in [2.45, 2.75) is 72.9 Å². The van der Waals surface area contributed by atoms with Crippen molar-refractivity contribution in [3.05, 3.63) is 0 Å². The van der Waals surface area contributed by atoms with Crippen LogP contribution in [0.1, 0.15) is 60.8 Å². The highest BCUT2D eigenvalue weighted by molar-refractivity contribution is 5.73. The number of carbonyl (C=O) groups is 1. The van der Waals surface area contributed by atoms with Crippen LogP contribution in [0, 0.1) is 11.3 Å². The third kappa shape index (κ3) is 5.94. The molecule has 1 saturated heterocycles. The van der Waals surface area contributed by atoms with E-state index in [9.17, 15) is 4.79 Å². The minimum Gasteiger partial charge on any atom is -0.352 e. The van der Waals surface area contributed by atoms with Gasteiger partial charge in [0.15, 0.2) is 0 Å². The van der Waals surface area contributed by atoms with Gasteiger partial charge < -0.3 is 5.32 Å². The molecule has 3 atom stereocenters. The highest BCUT2D eigenvalue weighted by atomic mass is 16.1. The van der Waals surface area contributed by atoms with Crippen molar-refractivity contribution in [1.29, 1.82) is 0 Å². The Morgan fingerprint density at radius 1 is 1.37 bits per heavy atom. The average molecular weight is 268 g/mol. The summed E-state index contributed by atoms with van der Waals surface area (Å²) < 4.78 is 0. The molecule has 1 aliphatic rings. The number of nitrogens with zero attached hydrogens (tertiary/aromatic N) is 1. The molecule has 0 aromatic heterocycles. The van der Waals surface area contributed by atoms with Crippen LogP contribution in [0.3, 0.4) is 0 Å². The number of nitrogens with one attached hydrogen (secondary N) is 1. The lowest BCUT2D eigenvalue weighted by Gasteiger charge is -2.42. The van der Waals surface area contributed by atoms with E-state index in [0.29, 0.717) is 23.4 Å². The first-order valence-corrected chi connectivity index (χ1v) is 7.72. The van der Waals surface area contributed by atoms with Crippen molar-refractivity contribution in [1.82, 2.24) is 10.2 Å². The molecule has 1 heterocycles. The van der Waals surface area contributed by atoms with E-state index >= 15 is 0 Å². The van der Waals surface area contributed by atoms with Gasteiger partial charge in [0.2, 0.25) is 5.91 Å². The largest absolute Gasteiger partial charge is 0.352 e. The number of piperidine rings is 1. The molecule has 1 rings (SSSR count). The predicted molar refractivity (Wildman–Crippen MR) is 81.1 cm³/mol. The lowest BCUT2D eigenvalue weighted by Crippen LogP contribution is -2.53. The van der Waals surface area contributed by atoms with Gasteiger partial charge in [0.05, 0.1) is 0 Å². The molecule has 0 aliphatic carbocycles. The third-order valence-electron chi connectivity index (χ3n) is 4.09. The van der Waals surface area contributed by atoms with Crippen LogP contribution < -0.4 is 5.32 Å². The molecule has 3 nitrogen and oxygen atoms in total. The van der Waals surface area contributed by atoms with E-state index in [2.05, 4.69) is 44.8 Å². The number of likely N-dealkylation sites (tertiary alicyclic amines) is 1. The van der Waals surface area contributed by atoms with Gasteiger partial charge in [-0.2, -0.15) is 0 Å². The smallest absolute Gasteiger partial charge is 0.217 e. The second-order valence-electron chi connectivity index (χ2n) is 7.48. The summed E-state index contributed by atoms with van der Waals surface area (Å²) in [5.74, 6) is 0.796. The standard InChI is InChI=1S/C16H32N2O/c1-7-12(2)18-10-14(9-16(4,5)6)8-15(11-18)17-13(3)19/h12,14-15H,7-11H2,1-6H3,(H,17,19). The number of amides is 1. The van der Waals surface area contributed by atoms with Gasteiger partial charge in [-0.15, -0.1) is 0 Å². The number of rotatable bonds is 4. The Balaban J connectivity index is 2.68. The Labute approximate surface area is 119 Å². The number of hydrogen-bond donors (Lipinski definition) is 1. The highest BCUT2D eigenvalue weighted by Gasteiger charge is 2.31. The molecule has 1 aliphatic heterocycles. The molecular formula is C16H32N2O. The maximum absolute atomic E-state index is 11.3. The van der Waals surface area contributed by atoms with E-state index in [0.717, 1.165) is 13.0 Å². The molecule has 1 N–H and O–H groups in total. The third-order valence-corrected chi connectivity index (χ3v) is 4.09. The minimum atomic E-state index is 0.102. The summed E-state index contributed by atoms with van der Waals surface area (Å²) in [7, 11) is 0. The van der Waals surface area contributed by atoms with Gasteiger partial charge in [-0.3, -0.25) is 9.69 Å². The molecule has 3 unspecified atom stereocenters. The molecule has 0 spiro atoms. The fourth-order valence-electron chi connectivity index (χ4n) is 3.26. The molecule has 112 valence electrons. The first-order valence-electron chi connectivity index (χ1n) is 7.72. The number of hydrogen-bond acceptors (Lipinski definition) is 2. The second-order valence-corrected chi connectivity index (χ2v) is 7.48. The summed E-state index contributed by atoms with van der Waals surface area (Å²) in [5.41, 5.74) is 0.365. The van der Waals surface area contributed by atoms with Gasteiger partial charge in [-0.25, -0.2) is 0 Å². The summed E-state index contributed by atoms with van der Waals surface area (Å²) >= 11 is 0. The van der Waals surface area contributed by atoms with Crippen LogP contribution >= 0.6 is 0 Å². The summed E-state index contributed by atoms with van der Waals surface area (Å²) in [6.45, 7) is 15.3. The molecule has 1 fully saturated rings. The maximum atomic E-state index is 11.3. The van der Waals surface area contributed by atoms with E-state index in [1.165, 1.54) is 19.4 Å². The molecule has 1 amide bonds. The molecule has 0 radical (unpaired) electrons. The zero-order chi connectivity index (χ0) is 14.6. The van der Waals surface area contributed by atoms with Gasteiger partial charge in [-0.1, -0.05) is 27.7 Å². The Morgan fingerprint density at radius 2 is 2.00 bits per heavy atom. The normalized spacial score (nSPS) is 27.1. The van der Waals surface area contributed by atoms with Crippen LogP contribution in [-0.2, 0) is 4.79 Å². The van der Waals surface area contributed by atoms with E-state index < -0.39 is 0 Å². The van der Waals surface area contributed by atoms with Crippen molar-refractivity contribution in [3.63, 3.8) is 0 Å². The van der Waals surface area contributed by atoms with Crippen LogP contribution in [-0.4, -0.2) is 36.0 Å². The van der Waals surface area contributed by atoms with Crippen LogP contribution in [0.4, 0.5) is 0 Å². The van der Waals surface area contributed by atoms with E-state index in [-0.39, 0.29) is 5.91 Å². The molecule has 0 bridgehead atoms. The fourth-order valence-corrected chi connectivity index (χ4v) is 3.26. The van der Waals surface area contributed by atoms with Gasteiger partial charge in [0, 0.05) is 32.1 Å². The van der Waals surface area contributed by atoms with Crippen LogP contribution in [0.25, 0.3) is 0 Å². The Bertz CT molecular complexity index is 296. The lowest BCUT2D eigenvalue weighted by atomic mass is 9.79. The van der Waals surface area contributed by atoms with Crippen molar-refractivity contribution >= 4 is 5.91 Å². The van der Waals surface area contributed by atoms with Gasteiger partial charge in [-0.05, 0) is 37.5 Å². The molecular weight excluding hydrogens is 236 g/mol. The monoisotopic (exact) mass is 268 g/mol. The van der Waals surface area contributed by atoms with Gasteiger partial charge in [0.1, 0.15) is 0 Å². The average Bonchev–Trinajstić information content (AvgIpc) is 2.24. The Morgan fingerprint density at radius 3 is 2.47 bits per heavy atom.